The maximum atomic E-state index is 13.9. The van der Waals surface area contributed by atoms with Crippen molar-refractivity contribution in [3.05, 3.63) is 47.3 Å². The third-order valence-corrected chi connectivity index (χ3v) is 4.19. The summed E-state index contributed by atoms with van der Waals surface area (Å²) < 4.78 is 45.5. The molecule has 0 aromatic heterocycles. The standard InChI is InChI=1S/C19H15F3N4O3/c1-29-14-5-3-11(20)6-12(14)15-10(7-23)2-4-13(27)16(15)17(28)26-18-24-8-19(21,22)9-25-18/h2-6,27H,8-9H2,1H3,(H2,24,25,26,28). The van der Waals surface area contributed by atoms with E-state index in [0.717, 1.165) is 18.2 Å². The highest BCUT2D eigenvalue weighted by atomic mass is 19.3. The van der Waals surface area contributed by atoms with Crippen molar-refractivity contribution in [2.45, 2.75) is 5.92 Å². The number of phenols is 1. The zero-order valence-corrected chi connectivity index (χ0v) is 15.1. The van der Waals surface area contributed by atoms with Crippen molar-refractivity contribution >= 4 is 11.9 Å². The Kier molecular flexibility index (Phi) is 5.32. The van der Waals surface area contributed by atoms with Crippen LogP contribution >= 0.6 is 0 Å². The van der Waals surface area contributed by atoms with Gasteiger partial charge in [0.05, 0.1) is 37.4 Å². The number of ether oxygens (including phenoxy) is 1. The van der Waals surface area contributed by atoms with Crippen LogP contribution in [0.2, 0.25) is 0 Å². The monoisotopic (exact) mass is 404 g/mol. The van der Waals surface area contributed by atoms with Crippen LogP contribution < -0.4 is 15.4 Å². The Hall–Kier alpha value is -3.74. The molecule has 1 heterocycles. The predicted molar refractivity (Wildman–Crippen MR) is 97.5 cm³/mol. The van der Waals surface area contributed by atoms with E-state index in [1.54, 1.807) is 0 Å². The molecule has 2 aromatic rings. The minimum Gasteiger partial charge on any atom is -0.507 e. The summed E-state index contributed by atoms with van der Waals surface area (Å²) in [5.74, 6) is -5.24. The summed E-state index contributed by atoms with van der Waals surface area (Å²) >= 11 is 0. The van der Waals surface area contributed by atoms with Crippen molar-refractivity contribution in [1.29, 1.82) is 5.26 Å². The Balaban J connectivity index is 2.15. The van der Waals surface area contributed by atoms with Gasteiger partial charge in [-0.3, -0.25) is 4.79 Å². The number of aliphatic imine (C=N–C) groups is 1. The Labute approximate surface area is 163 Å². The van der Waals surface area contributed by atoms with E-state index >= 15 is 0 Å². The zero-order valence-electron chi connectivity index (χ0n) is 15.1. The largest absolute Gasteiger partial charge is 0.507 e. The number of nitriles is 1. The molecule has 1 aliphatic rings. The average molecular weight is 404 g/mol. The van der Waals surface area contributed by atoms with E-state index in [1.807, 2.05) is 6.07 Å². The van der Waals surface area contributed by atoms with Gasteiger partial charge >= 0.3 is 0 Å². The minimum atomic E-state index is -3.01. The van der Waals surface area contributed by atoms with Crippen LogP contribution in [0.3, 0.4) is 0 Å². The molecular weight excluding hydrogens is 389 g/mol. The van der Waals surface area contributed by atoms with Gasteiger partial charge in [-0.1, -0.05) is 0 Å². The third-order valence-electron chi connectivity index (χ3n) is 4.19. The first-order valence-electron chi connectivity index (χ1n) is 8.34. The highest BCUT2D eigenvalue weighted by Crippen LogP contribution is 2.39. The van der Waals surface area contributed by atoms with Gasteiger partial charge in [-0.05, 0) is 30.3 Å². The van der Waals surface area contributed by atoms with E-state index in [0.29, 0.717) is 0 Å². The molecule has 0 atom stereocenters. The molecule has 10 heteroatoms. The minimum absolute atomic E-state index is 0.0358. The van der Waals surface area contributed by atoms with Gasteiger partial charge in [0.2, 0.25) is 0 Å². The number of benzene rings is 2. The summed E-state index contributed by atoms with van der Waals surface area (Å²) in [5.41, 5.74) is -0.452. The molecule has 0 saturated carbocycles. The summed E-state index contributed by atoms with van der Waals surface area (Å²) in [6.45, 7) is -1.44. The van der Waals surface area contributed by atoms with Crippen LogP contribution in [0, 0.1) is 17.1 Å². The first-order chi connectivity index (χ1) is 13.8. The highest BCUT2D eigenvalue weighted by molar-refractivity contribution is 6.10. The Morgan fingerprint density at radius 1 is 1.28 bits per heavy atom. The van der Waals surface area contributed by atoms with Crippen LogP contribution in [0.15, 0.2) is 35.3 Å². The number of alkyl halides is 2. The van der Waals surface area contributed by atoms with Gasteiger partial charge in [0.15, 0.2) is 5.96 Å². The van der Waals surface area contributed by atoms with Gasteiger partial charge in [-0.2, -0.15) is 10.3 Å². The molecule has 1 amide bonds. The molecule has 0 bridgehead atoms. The number of methoxy groups -OCH3 is 1. The number of rotatable bonds is 3. The number of hydrogen-bond acceptors (Lipinski definition) is 4. The molecular formula is C19H15F3N4O3. The van der Waals surface area contributed by atoms with Crippen molar-refractivity contribution < 1.29 is 27.8 Å². The van der Waals surface area contributed by atoms with Crippen LogP contribution in [0.1, 0.15) is 15.9 Å². The fourth-order valence-corrected chi connectivity index (χ4v) is 2.84. The lowest BCUT2D eigenvalue weighted by Gasteiger charge is -2.25. The molecule has 1 saturated heterocycles. The van der Waals surface area contributed by atoms with Crippen LogP contribution in [-0.2, 0) is 0 Å². The van der Waals surface area contributed by atoms with Gasteiger partial charge < -0.3 is 20.5 Å². The molecule has 150 valence electrons. The van der Waals surface area contributed by atoms with Crippen molar-refractivity contribution in [3.63, 3.8) is 0 Å². The maximum absolute atomic E-state index is 13.9. The van der Waals surface area contributed by atoms with E-state index in [2.05, 4.69) is 15.6 Å². The quantitative estimate of drug-likeness (QED) is 0.725. The first kappa shape index (κ1) is 20.0. The summed E-state index contributed by atoms with van der Waals surface area (Å²) in [6, 6.07) is 7.76. The second kappa shape index (κ2) is 7.71. The van der Waals surface area contributed by atoms with Crippen LogP contribution in [0.5, 0.6) is 11.5 Å². The number of aromatic hydroxyl groups is 1. The fourth-order valence-electron chi connectivity index (χ4n) is 2.84. The Bertz CT molecular complexity index is 1040. The van der Waals surface area contributed by atoms with Crippen LogP contribution in [0.4, 0.5) is 13.2 Å². The number of nitrogens with zero attached hydrogens (tertiary/aromatic N) is 2. The van der Waals surface area contributed by atoms with Gasteiger partial charge in [0.1, 0.15) is 17.3 Å². The Morgan fingerprint density at radius 2 is 1.97 bits per heavy atom. The smallest absolute Gasteiger partial charge is 0.284 e. The van der Waals surface area contributed by atoms with E-state index in [-0.39, 0.29) is 34.0 Å². The lowest BCUT2D eigenvalue weighted by molar-refractivity contribution is 0.00433. The average Bonchev–Trinajstić information content (AvgIpc) is 2.69. The number of carbonyl (C=O) groups is 1. The highest BCUT2D eigenvalue weighted by Gasteiger charge is 2.33. The summed E-state index contributed by atoms with van der Waals surface area (Å²) in [6.07, 6.45) is 0. The topological polar surface area (TPSA) is 107 Å². The number of phenolic OH excluding ortho intramolecular Hbond substituents is 1. The molecule has 0 unspecified atom stereocenters. The molecule has 3 N–H and O–H groups in total. The van der Waals surface area contributed by atoms with Gasteiger partial charge in [0, 0.05) is 11.1 Å². The Morgan fingerprint density at radius 3 is 2.59 bits per heavy atom. The fraction of sp³-hybridized carbons (Fsp3) is 0.211. The molecule has 7 nitrogen and oxygen atoms in total. The zero-order chi connectivity index (χ0) is 21.2. The molecule has 0 aliphatic carbocycles. The second-order valence-electron chi connectivity index (χ2n) is 6.17. The van der Waals surface area contributed by atoms with E-state index in [9.17, 15) is 28.3 Å². The predicted octanol–water partition coefficient (Wildman–Crippen LogP) is 2.40. The van der Waals surface area contributed by atoms with Crippen molar-refractivity contribution in [1.82, 2.24) is 10.6 Å². The SMILES string of the molecule is COc1ccc(F)cc1-c1c(C#N)ccc(O)c1C(=O)N=C1NCC(F)(F)CN1. The lowest BCUT2D eigenvalue weighted by atomic mass is 9.92. The third kappa shape index (κ3) is 4.08. The maximum Gasteiger partial charge on any atom is 0.284 e. The van der Waals surface area contributed by atoms with Gasteiger partial charge in [-0.15, -0.1) is 0 Å². The summed E-state index contributed by atoms with van der Waals surface area (Å²) in [5, 5.41) is 24.3. The number of hydrogen-bond donors (Lipinski definition) is 3. The van der Waals surface area contributed by atoms with E-state index in [4.69, 9.17) is 4.74 Å². The van der Waals surface area contributed by atoms with Crippen molar-refractivity contribution in [3.8, 4) is 28.7 Å². The molecule has 1 aliphatic heterocycles. The molecule has 2 aromatic carbocycles. The van der Waals surface area contributed by atoms with E-state index < -0.39 is 36.5 Å². The molecule has 0 spiro atoms. The second-order valence-corrected chi connectivity index (χ2v) is 6.17. The van der Waals surface area contributed by atoms with Gasteiger partial charge in [-0.25, -0.2) is 13.2 Å². The molecule has 0 radical (unpaired) electrons. The first-order valence-corrected chi connectivity index (χ1v) is 8.34. The van der Waals surface area contributed by atoms with Crippen molar-refractivity contribution in [2.75, 3.05) is 20.2 Å². The number of guanidine groups is 1. The summed E-state index contributed by atoms with van der Waals surface area (Å²) in [4.78, 5) is 16.5. The van der Waals surface area contributed by atoms with E-state index in [1.165, 1.54) is 19.2 Å². The van der Waals surface area contributed by atoms with Gasteiger partial charge in [0.25, 0.3) is 11.8 Å². The lowest BCUT2D eigenvalue weighted by Crippen LogP contribution is -2.55. The van der Waals surface area contributed by atoms with Crippen molar-refractivity contribution in [2.24, 2.45) is 4.99 Å². The van der Waals surface area contributed by atoms with Crippen LogP contribution in [0.25, 0.3) is 11.1 Å². The number of halogens is 3. The molecule has 3 rings (SSSR count). The normalized spacial score (nSPS) is 14.9. The number of nitrogens with one attached hydrogen (secondary N) is 2. The number of amides is 1. The molecule has 1 fully saturated rings. The number of carbonyl (C=O) groups excluding carboxylic acids is 1. The molecule has 29 heavy (non-hydrogen) atoms. The van der Waals surface area contributed by atoms with Crippen LogP contribution in [-0.4, -0.2) is 43.1 Å². The summed E-state index contributed by atoms with van der Waals surface area (Å²) in [7, 11) is 1.32.